The molecule has 1 aromatic heterocycles. The van der Waals surface area contributed by atoms with E-state index in [2.05, 4.69) is 30.7 Å². The molecule has 1 heterocycles. The molecule has 2 heteroatoms. The van der Waals surface area contributed by atoms with Crippen LogP contribution in [0, 0.1) is 0 Å². The van der Waals surface area contributed by atoms with E-state index in [1.54, 1.807) is 6.33 Å². The molecule has 1 rings (SSSR count). The van der Waals surface area contributed by atoms with Crippen LogP contribution >= 0.6 is 0 Å². The van der Waals surface area contributed by atoms with E-state index < -0.39 is 0 Å². The molecule has 0 aliphatic rings. The van der Waals surface area contributed by atoms with Crippen molar-refractivity contribution in [1.29, 1.82) is 0 Å². The first kappa shape index (κ1) is 11.2. The van der Waals surface area contributed by atoms with Crippen LogP contribution in [-0.4, -0.2) is 9.97 Å². The van der Waals surface area contributed by atoms with Crippen molar-refractivity contribution >= 4 is 0 Å². The van der Waals surface area contributed by atoms with Crippen molar-refractivity contribution in [3.8, 4) is 0 Å². The predicted octanol–water partition coefficient (Wildman–Crippen LogP) is 3.33. The fourth-order valence-corrected chi connectivity index (χ4v) is 1.64. The maximum absolute atomic E-state index is 4.32. The maximum Gasteiger partial charge on any atom is 0.115 e. The first-order chi connectivity index (χ1) is 6.67. The normalized spacial score (nSPS) is 11.6. The third kappa shape index (κ3) is 3.09. The Bertz CT molecular complexity index is 254. The molecule has 2 nitrogen and oxygen atoms in total. The highest BCUT2D eigenvalue weighted by Crippen LogP contribution is 2.26. The number of aromatic nitrogens is 2. The van der Waals surface area contributed by atoms with Gasteiger partial charge in [-0.15, -0.1) is 0 Å². The number of hydrogen-bond donors (Lipinski definition) is 0. The lowest BCUT2D eigenvalue weighted by atomic mass is 9.83. The van der Waals surface area contributed by atoms with Gasteiger partial charge in [0.2, 0.25) is 0 Å². The summed E-state index contributed by atoms with van der Waals surface area (Å²) in [5.41, 5.74) is 1.35. The van der Waals surface area contributed by atoms with Crippen LogP contribution in [0.1, 0.15) is 52.1 Å². The topological polar surface area (TPSA) is 25.8 Å². The molecular weight excluding hydrogens is 172 g/mol. The van der Waals surface area contributed by atoms with Gasteiger partial charge in [-0.1, -0.05) is 40.0 Å². The molecule has 0 N–H and O–H groups in total. The van der Waals surface area contributed by atoms with Gasteiger partial charge in [0, 0.05) is 17.3 Å². The number of unbranched alkanes of at least 4 members (excludes halogenated alkanes) is 2. The second kappa shape index (κ2) is 5.08. The molecule has 78 valence electrons. The van der Waals surface area contributed by atoms with Gasteiger partial charge in [-0.2, -0.15) is 0 Å². The molecule has 0 aliphatic carbocycles. The Kier molecular flexibility index (Phi) is 4.05. The number of nitrogens with zero attached hydrogens (tertiary/aromatic N) is 2. The van der Waals surface area contributed by atoms with Gasteiger partial charge in [0.05, 0.1) is 0 Å². The van der Waals surface area contributed by atoms with Crippen LogP contribution in [0.25, 0.3) is 0 Å². The van der Waals surface area contributed by atoms with Crippen molar-refractivity contribution in [2.45, 2.75) is 51.9 Å². The first-order valence-electron chi connectivity index (χ1n) is 5.43. The second-order valence-corrected chi connectivity index (χ2v) is 4.44. The lowest BCUT2D eigenvalue weighted by molar-refractivity contribution is 0.438. The molecule has 1 aromatic rings. The van der Waals surface area contributed by atoms with Crippen LogP contribution in [0.2, 0.25) is 0 Å². The van der Waals surface area contributed by atoms with E-state index in [-0.39, 0.29) is 5.41 Å². The summed E-state index contributed by atoms with van der Waals surface area (Å²) in [6.07, 6.45) is 8.54. The average Bonchev–Trinajstić information content (AvgIpc) is 2.19. The highest BCUT2D eigenvalue weighted by Gasteiger charge is 2.20. The third-order valence-electron chi connectivity index (χ3n) is 2.68. The summed E-state index contributed by atoms with van der Waals surface area (Å²) >= 11 is 0. The predicted molar refractivity (Wildman–Crippen MR) is 59.2 cm³/mol. The molecule has 0 atom stereocenters. The Balaban J connectivity index is 2.56. The minimum absolute atomic E-state index is 0.193. The minimum Gasteiger partial charge on any atom is -0.245 e. The van der Waals surface area contributed by atoms with Gasteiger partial charge in [0.1, 0.15) is 6.33 Å². The number of hydrogen-bond acceptors (Lipinski definition) is 2. The highest BCUT2D eigenvalue weighted by atomic mass is 14.8. The lowest BCUT2D eigenvalue weighted by Gasteiger charge is -2.23. The molecule has 0 fully saturated rings. The third-order valence-corrected chi connectivity index (χ3v) is 2.68. The van der Waals surface area contributed by atoms with Crippen LogP contribution in [0.4, 0.5) is 0 Å². The van der Waals surface area contributed by atoms with Crippen LogP contribution in [0.5, 0.6) is 0 Å². The quantitative estimate of drug-likeness (QED) is 0.669. The number of rotatable bonds is 5. The van der Waals surface area contributed by atoms with Crippen LogP contribution in [0.15, 0.2) is 18.6 Å². The van der Waals surface area contributed by atoms with Crippen molar-refractivity contribution in [1.82, 2.24) is 9.97 Å². The molecule has 0 aromatic carbocycles. The molecule has 0 saturated carbocycles. The van der Waals surface area contributed by atoms with Crippen molar-refractivity contribution in [3.05, 3.63) is 24.3 Å². The van der Waals surface area contributed by atoms with Crippen molar-refractivity contribution in [2.24, 2.45) is 0 Å². The average molecular weight is 192 g/mol. The summed E-state index contributed by atoms with van der Waals surface area (Å²) < 4.78 is 0. The van der Waals surface area contributed by atoms with Gasteiger partial charge in [-0.25, -0.2) is 9.97 Å². The van der Waals surface area contributed by atoms with E-state index in [0.29, 0.717) is 0 Å². The fraction of sp³-hybridized carbons (Fsp3) is 0.667. The molecule has 0 aliphatic heterocycles. The fourth-order valence-electron chi connectivity index (χ4n) is 1.64. The minimum atomic E-state index is 0.193. The van der Waals surface area contributed by atoms with Crippen LogP contribution < -0.4 is 0 Å². The van der Waals surface area contributed by atoms with Gasteiger partial charge in [-0.05, 0) is 12.5 Å². The summed E-state index contributed by atoms with van der Waals surface area (Å²) in [4.78, 5) is 8.26. The van der Waals surface area contributed by atoms with Crippen molar-refractivity contribution in [2.75, 3.05) is 0 Å². The zero-order valence-electron chi connectivity index (χ0n) is 9.45. The molecule has 0 spiro atoms. The van der Waals surface area contributed by atoms with Crippen LogP contribution in [0.3, 0.4) is 0 Å². The molecule has 0 saturated heterocycles. The Morgan fingerprint density at radius 2 is 2.07 bits per heavy atom. The molecule has 0 unspecified atom stereocenters. The van der Waals surface area contributed by atoms with E-state index in [0.717, 1.165) is 5.69 Å². The summed E-state index contributed by atoms with van der Waals surface area (Å²) in [7, 11) is 0. The monoisotopic (exact) mass is 192 g/mol. The summed E-state index contributed by atoms with van der Waals surface area (Å²) in [6, 6.07) is 2.02. The van der Waals surface area contributed by atoms with Crippen molar-refractivity contribution in [3.63, 3.8) is 0 Å². The molecule has 0 bridgehead atoms. The largest absolute Gasteiger partial charge is 0.245 e. The van der Waals surface area contributed by atoms with E-state index in [4.69, 9.17) is 0 Å². The molecule has 0 amide bonds. The van der Waals surface area contributed by atoms with Gasteiger partial charge in [-0.3, -0.25) is 0 Å². The summed E-state index contributed by atoms with van der Waals surface area (Å²) in [5.74, 6) is 0. The summed E-state index contributed by atoms with van der Waals surface area (Å²) in [6.45, 7) is 6.74. The van der Waals surface area contributed by atoms with E-state index in [1.165, 1.54) is 25.7 Å². The summed E-state index contributed by atoms with van der Waals surface area (Å²) in [5, 5.41) is 0. The Morgan fingerprint density at radius 1 is 1.29 bits per heavy atom. The van der Waals surface area contributed by atoms with E-state index in [9.17, 15) is 0 Å². The Morgan fingerprint density at radius 3 is 2.64 bits per heavy atom. The molecule has 0 radical (unpaired) electrons. The zero-order chi connectivity index (χ0) is 10.4. The molecular formula is C12H20N2. The highest BCUT2D eigenvalue weighted by molar-refractivity contribution is 5.11. The standard InChI is InChI=1S/C12H20N2/c1-4-5-6-8-12(2,3)11-7-9-13-10-14-11/h7,9-10H,4-6,8H2,1-3H3. The first-order valence-corrected chi connectivity index (χ1v) is 5.43. The van der Waals surface area contributed by atoms with E-state index >= 15 is 0 Å². The zero-order valence-corrected chi connectivity index (χ0v) is 9.45. The van der Waals surface area contributed by atoms with Gasteiger partial charge < -0.3 is 0 Å². The second-order valence-electron chi connectivity index (χ2n) is 4.44. The Labute approximate surface area is 86.8 Å². The maximum atomic E-state index is 4.32. The van der Waals surface area contributed by atoms with Gasteiger partial charge >= 0.3 is 0 Å². The lowest BCUT2D eigenvalue weighted by Crippen LogP contribution is -2.18. The smallest absolute Gasteiger partial charge is 0.115 e. The van der Waals surface area contributed by atoms with Crippen LogP contribution in [-0.2, 0) is 5.41 Å². The SMILES string of the molecule is CCCCCC(C)(C)c1ccncn1. The van der Waals surface area contributed by atoms with Gasteiger partial charge in [0.15, 0.2) is 0 Å². The van der Waals surface area contributed by atoms with Crippen molar-refractivity contribution < 1.29 is 0 Å². The van der Waals surface area contributed by atoms with E-state index in [1.807, 2.05) is 12.3 Å². The Hall–Kier alpha value is -0.920. The van der Waals surface area contributed by atoms with Gasteiger partial charge in [0.25, 0.3) is 0 Å². The molecule has 14 heavy (non-hydrogen) atoms.